The molecule has 1 saturated heterocycles. The minimum absolute atomic E-state index is 0.0287. The Hall–Kier alpha value is -3.33. The van der Waals surface area contributed by atoms with E-state index >= 15 is 0 Å². The highest BCUT2D eigenvalue weighted by atomic mass is 19.1. The van der Waals surface area contributed by atoms with Crippen LogP contribution in [0.4, 0.5) is 14.9 Å². The van der Waals surface area contributed by atoms with Gasteiger partial charge in [-0.3, -0.25) is 15.1 Å². The molecule has 1 fully saturated rings. The van der Waals surface area contributed by atoms with Crippen LogP contribution in [0.2, 0.25) is 0 Å². The molecule has 1 N–H and O–H groups in total. The Balaban J connectivity index is 1.73. The molecule has 1 aliphatic rings. The maximum Gasteiger partial charge on any atom is 0.412 e. The molecule has 3 aromatic rings. The summed E-state index contributed by atoms with van der Waals surface area (Å²) in [4.78, 5) is 30.1. The number of carbonyl (C=O) groups is 2. The van der Waals surface area contributed by atoms with Crippen molar-refractivity contribution >= 4 is 28.5 Å². The lowest BCUT2D eigenvalue weighted by Gasteiger charge is -2.23. The largest absolute Gasteiger partial charge is 0.444 e. The lowest BCUT2D eigenvalue weighted by atomic mass is 10.0. The molecule has 1 unspecified atom stereocenters. The number of hydrogen-bond acceptors (Lipinski definition) is 6. The summed E-state index contributed by atoms with van der Waals surface area (Å²) in [5.74, 6) is -0.952. The number of anilines is 1. The number of rotatable bonds is 4. The molecule has 174 valence electrons. The zero-order valence-corrected chi connectivity index (χ0v) is 19.1. The van der Waals surface area contributed by atoms with Crippen molar-refractivity contribution in [1.82, 2.24) is 14.8 Å². The van der Waals surface area contributed by atoms with E-state index in [0.29, 0.717) is 12.0 Å². The molecule has 0 bridgehead atoms. The predicted molar refractivity (Wildman–Crippen MR) is 121 cm³/mol. The number of benzene rings is 1. The monoisotopic (exact) mass is 454 g/mol. The average Bonchev–Trinajstić information content (AvgIpc) is 3.19. The minimum Gasteiger partial charge on any atom is -0.444 e. The number of ketones is 1. The molecule has 1 atom stereocenters. The molecule has 9 heteroatoms. The van der Waals surface area contributed by atoms with Gasteiger partial charge in [0.05, 0.1) is 11.9 Å². The molecule has 1 aliphatic heterocycles. The summed E-state index contributed by atoms with van der Waals surface area (Å²) < 4.78 is 27.4. The zero-order chi connectivity index (χ0) is 23.8. The van der Waals surface area contributed by atoms with Crippen molar-refractivity contribution in [2.45, 2.75) is 58.8 Å². The van der Waals surface area contributed by atoms with Gasteiger partial charge in [-0.2, -0.15) is 5.10 Å². The Kier molecular flexibility index (Phi) is 6.16. The van der Waals surface area contributed by atoms with Gasteiger partial charge in [0.25, 0.3) is 0 Å². The van der Waals surface area contributed by atoms with Crippen molar-refractivity contribution in [2.24, 2.45) is 0 Å². The first kappa shape index (κ1) is 22.8. The van der Waals surface area contributed by atoms with Crippen LogP contribution in [0.25, 0.3) is 10.9 Å². The fraction of sp³-hybridized carbons (Fsp3) is 0.417. The summed E-state index contributed by atoms with van der Waals surface area (Å²) in [6.45, 7) is 7.62. The molecule has 8 nitrogen and oxygen atoms in total. The first-order chi connectivity index (χ1) is 15.6. The maximum atomic E-state index is 14.8. The van der Waals surface area contributed by atoms with E-state index < -0.39 is 23.3 Å². The molecule has 2 aromatic heterocycles. The number of aromatic nitrogens is 3. The molecule has 0 radical (unpaired) electrons. The summed E-state index contributed by atoms with van der Waals surface area (Å²) in [6, 6.07) is 4.29. The molecule has 0 spiro atoms. The molecule has 33 heavy (non-hydrogen) atoms. The SMILES string of the molecule is Cc1cnc(C(=O)c2ccc(F)c3c2cnn3C2CCCCO2)c(NC(=O)OC(C)(C)C)c1. The molecule has 4 rings (SSSR count). The van der Waals surface area contributed by atoms with Gasteiger partial charge in [-0.05, 0) is 70.7 Å². The van der Waals surface area contributed by atoms with E-state index in [4.69, 9.17) is 9.47 Å². The van der Waals surface area contributed by atoms with Crippen LogP contribution in [0.15, 0.2) is 30.6 Å². The highest BCUT2D eigenvalue weighted by molar-refractivity contribution is 6.18. The summed E-state index contributed by atoms with van der Waals surface area (Å²) in [7, 11) is 0. The van der Waals surface area contributed by atoms with Gasteiger partial charge in [-0.15, -0.1) is 0 Å². The van der Waals surface area contributed by atoms with Crippen molar-refractivity contribution < 1.29 is 23.5 Å². The second kappa shape index (κ2) is 8.90. The number of nitrogens with one attached hydrogen (secondary N) is 1. The van der Waals surface area contributed by atoms with E-state index in [1.807, 2.05) is 0 Å². The highest BCUT2D eigenvalue weighted by Gasteiger charge is 2.26. The Bertz CT molecular complexity index is 1210. The topological polar surface area (TPSA) is 95.3 Å². The second-order valence-corrected chi connectivity index (χ2v) is 9.13. The standard InChI is InChI=1S/C24H27FN4O4/c1-14-11-18(28-23(31)33-24(2,3)4)20(26-12-14)22(30)15-8-9-17(25)21-16(15)13-27-29(21)19-7-5-6-10-32-19/h8-9,11-13,19H,5-7,10H2,1-4H3,(H,28,31). The molecule has 1 aromatic carbocycles. The molecule has 3 heterocycles. The van der Waals surface area contributed by atoms with Gasteiger partial charge in [0, 0.05) is 23.8 Å². The molecule has 0 saturated carbocycles. The van der Waals surface area contributed by atoms with Gasteiger partial charge in [-0.25, -0.2) is 13.9 Å². The van der Waals surface area contributed by atoms with Gasteiger partial charge in [0.1, 0.15) is 22.6 Å². The summed E-state index contributed by atoms with van der Waals surface area (Å²) >= 11 is 0. The molecule has 1 amide bonds. The smallest absolute Gasteiger partial charge is 0.412 e. The number of pyridine rings is 1. The van der Waals surface area contributed by atoms with Crippen LogP contribution in [0.3, 0.4) is 0 Å². The third-order valence-electron chi connectivity index (χ3n) is 5.26. The number of carbonyl (C=O) groups excluding carboxylic acids is 2. The minimum atomic E-state index is -0.704. The van der Waals surface area contributed by atoms with Crippen molar-refractivity contribution in [3.8, 4) is 0 Å². The lowest BCUT2D eigenvalue weighted by molar-refractivity contribution is -0.0369. The van der Waals surface area contributed by atoms with E-state index in [1.54, 1.807) is 33.8 Å². The average molecular weight is 455 g/mol. The molecular weight excluding hydrogens is 427 g/mol. The third kappa shape index (κ3) is 4.88. The Labute approximate surface area is 191 Å². The van der Waals surface area contributed by atoms with Crippen LogP contribution >= 0.6 is 0 Å². The maximum absolute atomic E-state index is 14.8. The van der Waals surface area contributed by atoms with Gasteiger partial charge in [0.2, 0.25) is 5.78 Å². The normalized spacial score (nSPS) is 16.6. The van der Waals surface area contributed by atoms with Crippen molar-refractivity contribution in [1.29, 1.82) is 0 Å². The van der Waals surface area contributed by atoms with E-state index in [9.17, 15) is 14.0 Å². The second-order valence-electron chi connectivity index (χ2n) is 9.13. The van der Waals surface area contributed by atoms with E-state index in [0.717, 1.165) is 24.8 Å². The van der Waals surface area contributed by atoms with Gasteiger partial charge < -0.3 is 9.47 Å². The van der Waals surface area contributed by atoms with E-state index in [1.165, 1.54) is 29.2 Å². The first-order valence-corrected chi connectivity index (χ1v) is 10.9. The van der Waals surface area contributed by atoms with Crippen LogP contribution in [-0.4, -0.2) is 38.8 Å². The first-order valence-electron chi connectivity index (χ1n) is 10.9. The Morgan fingerprint density at radius 3 is 2.73 bits per heavy atom. The number of aryl methyl sites for hydroxylation is 1. The Morgan fingerprint density at radius 2 is 2.03 bits per heavy atom. The van der Waals surface area contributed by atoms with Crippen molar-refractivity contribution in [2.75, 3.05) is 11.9 Å². The fourth-order valence-corrected chi connectivity index (χ4v) is 3.84. The van der Waals surface area contributed by atoms with Crippen LogP contribution in [0.5, 0.6) is 0 Å². The fourth-order valence-electron chi connectivity index (χ4n) is 3.84. The van der Waals surface area contributed by atoms with Gasteiger partial charge in [-0.1, -0.05) is 0 Å². The quantitative estimate of drug-likeness (QED) is 0.548. The number of nitrogens with zero attached hydrogens (tertiary/aromatic N) is 3. The molecular formula is C24H27FN4O4. The van der Waals surface area contributed by atoms with Gasteiger partial charge in [0.15, 0.2) is 6.23 Å². The highest BCUT2D eigenvalue weighted by Crippen LogP contribution is 2.31. The third-order valence-corrected chi connectivity index (χ3v) is 5.26. The summed E-state index contributed by atoms with van der Waals surface area (Å²) in [6.07, 6.45) is 4.56. The van der Waals surface area contributed by atoms with Gasteiger partial charge >= 0.3 is 6.09 Å². The number of fused-ring (bicyclic) bond motifs is 1. The van der Waals surface area contributed by atoms with Crippen LogP contribution < -0.4 is 5.32 Å². The van der Waals surface area contributed by atoms with Crippen LogP contribution in [0.1, 0.15) is 67.9 Å². The Morgan fingerprint density at radius 1 is 1.24 bits per heavy atom. The number of hydrogen-bond donors (Lipinski definition) is 1. The summed E-state index contributed by atoms with van der Waals surface area (Å²) in [5, 5.41) is 7.31. The number of ether oxygens (including phenoxy) is 2. The van der Waals surface area contributed by atoms with E-state index in [2.05, 4.69) is 15.4 Å². The van der Waals surface area contributed by atoms with Crippen molar-refractivity contribution in [3.05, 3.63) is 53.2 Å². The van der Waals surface area contributed by atoms with Crippen molar-refractivity contribution in [3.63, 3.8) is 0 Å². The van der Waals surface area contributed by atoms with E-state index in [-0.39, 0.29) is 28.7 Å². The molecule has 0 aliphatic carbocycles. The number of halogens is 1. The summed E-state index contributed by atoms with van der Waals surface area (Å²) in [5.41, 5.74) is 0.739. The predicted octanol–water partition coefficient (Wildman–Crippen LogP) is 5.16. The lowest BCUT2D eigenvalue weighted by Crippen LogP contribution is -2.28. The van der Waals surface area contributed by atoms with Crippen LogP contribution in [-0.2, 0) is 9.47 Å². The zero-order valence-electron chi connectivity index (χ0n) is 19.1. The number of amides is 1. The van der Waals surface area contributed by atoms with Crippen LogP contribution in [0, 0.1) is 12.7 Å².